The van der Waals surface area contributed by atoms with Gasteiger partial charge in [-0.3, -0.25) is 14.9 Å². The minimum absolute atomic E-state index is 0.194. The van der Waals surface area contributed by atoms with E-state index in [0.717, 1.165) is 16.3 Å². The summed E-state index contributed by atoms with van der Waals surface area (Å²) in [5.41, 5.74) is 6.77. The topological polar surface area (TPSA) is 77.1 Å². The number of piperidine rings is 1. The number of nitrogens with two attached hydrogens (primary N) is 1. The number of hydrogen-bond donors (Lipinski definition) is 2. The van der Waals surface area contributed by atoms with E-state index in [1.54, 1.807) is 0 Å². The number of hydrogen-bond acceptors (Lipinski definition) is 3. The van der Waals surface area contributed by atoms with Crippen molar-refractivity contribution in [3.05, 3.63) is 36.2 Å². The van der Waals surface area contributed by atoms with Gasteiger partial charge in [0.15, 0.2) is 0 Å². The molecule has 1 unspecified atom stereocenters. The summed E-state index contributed by atoms with van der Waals surface area (Å²) in [6.07, 6.45) is 4.81. The zero-order chi connectivity index (χ0) is 13.4. The van der Waals surface area contributed by atoms with E-state index >= 15 is 0 Å². The van der Waals surface area contributed by atoms with E-state index in [-0.39, 0.29) is 17.9 Å². The summed E-state index contributed by atoms with van der Waals surface area (Å²) in [5, 5.41) is 4.50. The number of fused-ring (bicyclic) bond motifs is 1. The van der Waals surface area contributed by atoms with Crippen molar-refractivity contribution in [3.8, 4) is 0 Å². The molecule has 2 heterocycles. The minimum Gasteiger partial charge on any atom is -0.341 e. The maximum Gasteiger partial charge on any atom is 0.249 e. The molecule has 19 heavy (non-hydrogen) atoms. The normalized spacial score (nSPS) is 19.7. The van der Waals surface area contributed by atoms with Gasteiger partial charge in [0.2, 0.25) is 11.8 Å². The fourth-order valence-electron chi connectivity index (χ4n) is 2.57. The maximum absolute atomic E-state index is 11.9. The molecule has 1 aliphatic rings. The van der Waals surface area contributed by atoms with Gasteiger partial charge in [0.1, 0.15) is 6.04 Å². The molecule has 2 amide bonds. The van der Waals surface area contributed by atoms with Gasteiger partial charge in [-0.2, -0.15) is 0 Å². The molecule has 2 aromatic rings. The van der Waals surface area contributed by atoms with Gasteiger partial charge >= 0.3 is 0 Å². The molecule has 5 nitrogen and oxygen atoms in total. The highest BCUT2D eigenvalue weighted by atomic mass is 16.2. The third-order valence-electron chi connectivity index (χ3n) is 3.59. The fourth-order valence-corrected chi connectivity index (χ4v) is 2.57. The predicted molar refractivity (Wildman–Crippen MR) is 71.3 cm³/mol. The molecule has 1 saturated heterocycles. The summed E-state index contributed by atoms with van der Waals surface area (Å²) in [4.78, 5) is 23.0. The van der Waals surface area contributed by atoms with E-state index in [2.05, 4.69) is 5.32 Å². The van der Waals surface area contributed by atoms with Crippen LogP contribution >= 0.6 is 0 Å². The van der Waals surface area contributed by atoms with Gasteiger partial charge in [-0.25, -0.2) is 0 Å². The first-order valence-corrected chi connectivity index (χ1v) is 6.32. The Morgan fingerprint density at radius 3 is 2.89 bits per heavy atom. The second-order valence-corrected chi connectivity index (χ2v) is 4.80. The Kier molecular flexibility index (Phi) is 2.83. The Balaban J connectivity index is 2.02. The Labute approximate surface area is 110 Å². The summed E-state index contributed by atoms with van der Waals surface area (Å²) in [6.45, 7) is 0.469. The van der Waals surface area contributed by atoms with Crippen molar-refractivity contribution in [3.63, 3.8) is 0 Å². The van der Waals surface area contributed by atoms with Crippen LogP contribution < -0.4 is 11.1 Å². The van der Waals surface area contributed by atoms with Crippen LogP contribution in [0, 0.1) is 0 Å². The molecule has 0 saturated carbocycles. The Hall–Kier alpha value is -2.14. The quantitative estimate of drug-likeness (QED) is 0.790. The summed E-state index contributed by atoms with van der Waals surface area (Å²) in [7, 11) is 0. The lowest BCUT2D eigenvalue weighted by molar-refractivity contribution is -0.135. The number of carbonyl (C=O) groups excluding carboxylic acids is 2. The molecule has 1 atom stereocenters. The third-order valence-corrected chi connectivity index (χ3v) is 3.59. The molecule has 1 aliphatic heterocycles. The zero-order valence-corrected chi connectivity index (χ0v) is 10.4. The molecule has 0 radical (unpaired) electrons. The van der Waals surface area contributed by atoms with Crippen molar-refractivity contribution < 1.29 is 9.59 Å². The number of imide groups is 1. The van der Waals surface area contributed by atoms with Gasteiger partial charge in [-0.05, 0) is 17.4 Å². The standard InChI is InChI=1S/C14H15N3O2/c15-6-9-2-1-3-10-7-17(8-11(9)10)12-4-5-13(18)16-14(12)19/h1-3,7-8,12H,4-6,15H2,(H,16,18,19). The SMILES string of the molecule is NCc1cccc2cn(C3CCC(=O)NC3=O)cc12. The average Bonchev–Trinajstić information content (AvgIpc) is 2.81. The minimum atomic E-state index is -0.310. The van der Waals surface area contributed by atoms with Crippen LogP contribution in [0.5, 0.6) is 0 Å². The molecule has 1 aromatic carbocycles. The Morgan fingerprint density at radius 1 is 1.32 bits per heavy atom. The zero-order valence-electron chi connectivity index (χ0n) is 10.4. The molecule has 0 aliphatic carbocycles. The van der Waals surface area contributed by atoms with E-state index in [0.29, 0.717) is 19.4 Å². The Morgan fingerprint density at radius 2 is 2.16 bits per heavy atom. The second kappa shape index (κ2) is 4.51. The first kappa shape index (κ1) is 11.9. The number of amides is 2. The molecule has 5 heteroatoms. The van der Waals surface area contributed by atoms with Crippen LogP contribution in [0.2, 0.25) is 0 Å². The predicted octanol–water partition coefficient (Wildman–Crippen LogP) is 1.08. The maximum atomic E-state index is 11.9. The fraction of sp³-hybridized carbons (Fsp3) is 0.286. The highest BCUT2D eigenvalue weighted by molar-refractivity contribution is 5.99. The van der Waals surface area contributed by atoms with Crippen molar-refractivity contribution in [1.82, 2.24) is 9.88 Å². The van der Waals surface area contributed by atoms with E-state index in [9.17, 15) is 9.59 Å². The van der Waals surface area contributed by atoms with E-state index in [4.69, 9.17) is 5.73 Å². The van der Waals surface area contributed by atoms with Crippen LogP contribution in [-0.2, 0) is 16.1 Å². The van der Waals surface area contributed by atoms with Crippen molar-refractivity contribution in [2.24, 2.45) is 5.73 Å². The summed E-state index contributed by atoms with van der Waals surface area (Å²) >= 11 is 0. The largest absolute Gasteiger partial charge is 0.341 e. The van der Waals surface area contributed by atoms with Crippen molar-refractivity contribution in [2.75, 3.05) is 0 Å². The third kappa shape index (κ3) is 2.02. The van der Waals surface area contributed by atoms with E-state index < -0.39 is 0 Å². The van der Waals surface area contributed by atoms with Gasteiger partial charge in [0.05, 0.1) is 0 Å². The number of nitrogens with one attached hydrogen (secondary N) is 1. The van der Waals surface area contributed by atoms with Crippen molar-refractivity contribution >= 4 is 22.6 Å². The van der Waals surface area contributed by atoms with Gasteiger partial charge in [0, 0.05) is 30.7 Å². The molecule has 98 valence electrons. The van der Waals surface area contributed by atoms with Gasteiger partial charge in [-0.1, -0.05) is 18.2 Å². The number of aromatic nitrogens is 1. The van der Waals surface area contributed by atoms with Crippen LogP contribution in [0.15, 0.2) is 30.6 Å². The number of carbonyl (C=O) groups is 2. The number of nitrogens with zero attached hydrogens (tertiary/aromatic N) is 1. The van der Waals surface area contributed by atoms with Crippen LogP contribution in [0.25, 0.3) is 10.8 Å². The smallest absolute Gasteiger partial charge is 0.249 e. The molecule has 3 N–H and O–H groups in total. The van der Waals surface area contributed by atoms with Gasteiger partial charge in [-0.15, -0.1) is 0 Å². The number of benzene rings is 1. The molecule has 0 spiro atoms. The van der Waals surface area contributed by atoms with E-state index in [1.807, 2.05) is 35.2 Å². The lowest BCUT2D eigenvalue weighted by Crippen LogP contribution is -2.41. The van der Waals surface area contributed by atoms with Gasteiger partial charge < -0.3 is 10.3 Å². The first-order chi connectivity index (χ1) is 9.19. The number of rotatable bonds is 2. The van der Waals surface area contributed by atoms with Gasteiger partial charge in [0.25, 0.3) is 0 Å². The van der Waals surface area contributed by atoms with E-state index in [1.165, 1.54) is 0 Å². The van der Waals surface area contributed by atoms with Crippen LogP contribution in [0.4, 0.5) is 0 Å². The van der Waals surface area contributed by atoms with Crippen molar-refractivity contribution in [2.45, 2.75) is 25.4 Å². The highest BCUT2D eigenvalue weighted by Gasteiger charge is 2.27. The lowest BCUT2D eigenvalue weighted by Gasteiger charge is -2.21. The molecular formula is C14H15N3O2. The first-order valence-electron chi connectivity index (χ1n) is 6.32. The Bertz CT molecular complexity index is 660. The van der Waals surface area contributed by atoms with Crippen LogP contribution in [-0.4, -0.2) is 16.4 Å². The van der Waals surface area contributed by atoms with Crippen LogP contribution in [0.3, 0.4) is 0 Å². The van der Waals surface area contributed by atoms with Crippen molar-refractivity contribution in [1.29, 1.82) is 0 Å². The average molecular weight is 257 g/mol. The lowest BCUT2D eigenvalue weighted by atomic mass is 10.1. The summed E-state index contributed by atoms with van der Waals surface area (Å²) in [6, 6.07) is 5.63. The highest BCUT2D eigenvalue weighted by Crippen LogP contribution is 2.25. The molecular weight excluding hydrogens is 242 g/mol. The molecule has 3 rings (SSSR count). The van der Waals surface area contributed by atoms with Crippen LogP contribution in [0.1, 0.15) is 24.4 Å². The summed E-state index contributed by atoms with van der Waals surface area (Å²) in [5.74, 6) is -0.425. The second-order valence-electron chi connectivity index (χ2n) is 4.80. The monoisotopic (exact) mass is 257 g/mol. The summed E-state index contributed by atoms with van der Waals surface area (Å²) < 4.78 is 1.88. The molecule has 1 fully saturated rings. The molecule has 1 aromatic heterocycles. The molecule has 0 bridgehead atoms.